The van der Waals surface area contributed by atoms with Gasteiger partial charge in [0.05, 0.1) is 12.1 Å². The van der Waals surface area contributed by atoms with Gasteiger partial charge in [-0.3, -0.25) is 9.36 Å². The second-order valence-corrected chi connectivity index (χ2v) is 8.53. The highest BCUT2D eigenvalue weighted by Gasteiger charge is 2.27. The molecule has 0 N–H and O–H groups in total. The minimum atomic E-state index is -0.361. The minimum absolute atomic E-state index is 0.278. The molecule has 0 unspecified atom stereocenters. The summed E-state index contributed by atoms with van der Waals surface area (Å²) >= 11 is 13.8. The fourth-order valence-electron chi connectivity index (χ4n) is 3.25. The van der Waals surface area contributed by atoms with E-state index in [-0.39, 0.29) is 11.2 Å². The SMILES string of the molecule is COC(=O)[C@H](C)Sc1nnc(-c2ccc(Cl)cc2Cl)n1C1CCCCC1. The number of thioether (sulfide) groups is 1. The normalized spacial score (nSPS) is 16.5. The number of methoxy groups -OCH3 is 1. The fourth-order valence-corrected chi connectivity index (χ4v) is 4.69. The molecule has 1 aromatic carbocycles. The van der Waals surface area contributed by atoms with Crippen molar-refractivity contribution in [1.82, 2.24) is 14.8 Å². The van der Waals surface area contributed by atoms with Crippen LogP contribution in [0.4, 0.5) is 0 Å². The maximum Gasteiger partial charge on any atom is 0.318 e. The van der Waals surface area contributed by atoms with E-state index in [4.69, 9.17) is 27.9 Å². The second-order valence-electron chi connectivity index (χ2n) is 6.38. The van der Waals surface area contributed by atoms with Crippen molar-refractivity contribution >= 4 is 40.9 Å². The lowest BCUT2D eigenvalue weighted by molar-refractivity contribution is -0.139. The molecule has 1 aliphatic rings. The molecule has 0 spiro atoms. The average molecular weight is 414 g/mol. The standard InChI is InChI=1S/C18H21Cl2N3O2S/c1-11(17(24)25-2)26-18-22-21-16(14-9-8-12(19)10-15(14)20)23(18)13-6-4-3-5-7-13/h8-11,13H,3-7H2,1-2H3/t11-/m0/s1. The van der Waals surface area contributed by atoms with E-state index in [1.807, 2.05) is 13.0 Å². The molecule has 5 nitrogen and oxygen atoms in total. The van der Waals surface area contributed by atoms with Crippen LogP contribution in [0.2, 0.25) is 10.0 Å². The van der Waals surface area contributed by atoms with Crippen molar-refractivity contribution in [3.8, 4) is 11.4 Å². The zero-order valence-electron chi connectivity index (χ0n) is 14.7. The van der Waals surface area contributed by atoms with Crippen LogP contribution >= 0.6 is 35.0 Å². The summed E-state index contributed by atoms with van der Waals surface area (Å²) in [6.07, 6.45) is 5.73. The topological polar surface area (TPSA) is 57.0 Å². The van der Waals surface area contributed by atoms with Gasteiger partial charge in [-0.25, -0.2) is 0 Å². The molecule has 2 aromatic rings. The van der Waals surface area contributed by atoms with Gasteiger partial charge >= 0.3 is 5.97 Å². The van der Waals surface area contributed by atoms with E-state index in [0.29, 0.717) is 16.1 Å². The lowest BCUT2D eigenvalue weighted by atomic mass is 9.95. The zero-order chi connectivity index (χ0) is 18.7. The number of hydrogen-bond donors (Lipinski definition) is 0. The molecular weight excluding hydrogens is 393 g/mol. The van der Waals surface area contributed by atoms with Crippen molar-refractivity contribution in [1.29, 1.82) is 0 Å². The molecule has 140 valence electrons. The summed E-state index contributed by atoms with van der Waals surface area (Å²) in [5.41, 5.74) is 0.798. The Balaban J connectivity index is 2.02. The summed E-state index contributed by atoms with van der Waals surface area (Å²) in [6, 6.07) is 5.67. The summed E-state index contributed by atoms with van der Waals surface area (Å²) in [5.74, 6) is 0.442. The Morgan fingerprint density at radius 2 is 2.00 bits per heavy atom. The highest BCUT2D eigenvalue weighted by molar-refractivity contribution is 8.00. The van der Waals surface area contributed by atoms with Crippen LogP contribution in [0.1, 0.15) is 45.1 Å². The van der Waals surface area contributed by atoms with E-state index < -0.39 is 0 Å². The van der Waals surface area contributed by atoms with E-state index >= 15 is 0 Å². The summed E-state index contributed by atoms with van der Waals surface area (Å²) in [4.78, 5) is 11.8. The van der Waals surface area contributed by atoms with Crippen molar-refractivity contribution in [2.24, 2.45) is 0 Å². The van der Waals surface area contributed by atoms with Gasteiger partial charge in [-0.15, -0.1) is 10.2 Å². The van der Waals surface area contributed by atoms with Gasteiger partial charge in [-0.05, 0) is 38.0 Å². The van der Waals surface area contributed by atoms with Crippen molar-refractivity contribution < 1.29 is 9.53 Å². The molecule has 0 saturated heterocycles. The number of ether oxygens (including phenoxy) is 1. The third-order valence-electron chi connectivity index (χ3n) is 4.59. The fraction of sp³-hybridized carbons (Fsp3) is 0.500. The third-order valence-corrected chi connectivity index (χ3v) is 6.17. The first-order valence-electron chi connectivity index (χ1n) is 8.66. The quantitative estimate of drug-likeness (QED) is 0.484. The van der Waals surface area contributed by atoms with Crippen molar-refractivity contribution in [3.63, 3.8) is 0 Å². The largest absolute Gasteiger partial charge is 0.468 e. The maximum atomic E-state index is 11.8. The van der Waals surface area contributed by atoms with Gasteiger partial charge in [-0.1, -0.05) is 54.2 Å². The van der Waals surface area contributed by atoms with E-state index in [2.05, 4.69) is 14.8 Å². The number of nitrogens with zero attached hydrogens (tertiary/aromatic N) is 3. The molecule has 1 heterocycles. The van der Waals surface area contributed by atoms with Crippen LogP contribution in [0.15, 0.2) is 23.4 Å². The van der Waals surface area contributed by atoms with Crippen LogP contribution in [0, 0.1) is 0 Å². The van der Waals surface area contributed by atoms with Crippen molar-refractivity contribution in [2.75, 3.05) is 7.11 Å². The third kappa shape index (κ3) is 4.18. The van der Waals surface area contributed by atoms with Crippen LogP contribution in [-0.2, 0) is 9.53 Å². The number of carbonyl (C=O) groups excluding carboxylic acids is 1. The molecule has 1 saturated carbocycles. The first-order valence-corrected chi connectivity index (χ1v) is 10.3. The molecule has 0 aliphatic heterocycles. The van der Waals surface area contributed by atoms with Gasteiger partial charge < -0.3 is 4.74 Å². The van der Waals surface area contributed by atoms with Gasteiger partial charge in [0.25, 0.3) is 0 Å². The van der Waals surface area contributed by atoms with Crippen LogP contribution in [0.5, 0.6) is 0 Å². The molecule has 3 rings (SSSR count). The number of halogens is 2. The van der Waals surface area contributed by atoms with Gasteiger partial charge in [-0.2, -0.15) is 0 Å². The van der Waals surface area contributed by atoms with E-state index in [9.17, 15) is 4.79 Å². The van der Waals surface area contributed by atoms with Gasteiger partial charge in [0.1, 0.15) is 5.25 Å². The summed E-state index contributed by atoms with van der Waals surface area (Å²) in [6.45, 7) is 1.81. The minimum Gasteiger partial charge on any atom is -0.468 e. The summed E-state index contributed by atoms with van der Waals surface area (Å²) < 4.78 is 6.98. The summed E-state index contributed by atoms with van der Waals surface area (Å²) in [7, 11) is 1.39. The Morgan fingerprint density at radius 1 is 1.27 bits per heavy atom. The second kappa shape index (κ2) is 8.63. The van der Waals surface area contributed by atoms with Crippen molar-refractivity contribution in [3.05, 3.63) is 28.2 Å². The highest BCUT2D eigenvalue weighted by atomic mass is 35.5. The number of aromatic nitrogens is 3. The number of rotatable bonds is 5. The molecule has 8 heteroatoms. The maximum absolute atomic E-state index is 11.8. The Bertz CT molecular complexity index is 791. The Morgan fingerprint density at radius 3 is 2.65 bits per heavy atom. The van der Waals surface area contributed by atoms with E-state index in [0.717, 1.165) is 29.4 Å². The van der Waals surface area contributed by atoms with E-state index in [1.165, 1.54) is 38.1 Å². The van der Waals surface area contributed by atoms with E-state index in [1.54, 1.807) is 12.1 Å². The molecule has 1 aromatic heterocycles. The van der Waals surface area contributed by atoms with Crippen LogP contribution in [0.3, 0.4) is 0 Å². The predicted molar refractivity (Wildman–Crippen MR) is 105 cm³/mol. The Kier molecular flexibility index (Phi) is 6.48. The number of benzene rings is 1. The van der Waals surface area contributed by atoms with Crippen LogP contribution in [0.25, 0.3) is 11.4 Å². The zero-order valence-corrected chi connectivity index (χ0v) is 17.1. The molecule has 26 heavy (non-hydrogen) atoms. The molecule has 1 fully saturated rings. The van der Waals surface area contributed by atoms with Gasteiger partial charge in [0.15, 0.2) is 11.0 Å². The predicted octanol–water partition coefficient (Wildman–Crippen LogP) is 5.41. The smallest absolute Gasteiger partial charge is 0.318 e. The van der Waals surface area contributed by atoms with Crippen molar-refractivity contribution in [2.45, 2.75) is 55.5 Å². The van der Waals surface area contributed by atoms with Crippen LogP contribution < -0.4 is 0 Å². The number of esters is 1. The average Bonchev–Trinajstić information content (AvgIpc) is 3.04. The Hall–Kier alpha value is -1.24. The monoisotopic (exact) mass is 413 g/mol. The molecular formula is C18H21Cl2N3O2S. The highest BCUT2D eigenvalue weighted by Crippen LogP contribution is 2.38. The number of hydrogen-bond acceptors (Lipinski definition) is 5. The first kappa shape index (κ1) is 19.5. The number of carbonyl (C=O) groups is 1. The molecule has 1 atom stereocenters. The van der Waals surface area contributed by atoms with Gasteiger partial charge in [0, 0.05) is 16.6 Å². The molecule has 0 bridgehead atoms. The molecule has 1 aliphatic carbocycles. The van der Waals surface area contributed by atoms with Crippen LogP contribution in [-0.4, -0.2) is 33.1 Å². The Labute approximate surface area is 167 Å². The molecule has 0 radical (unpaired) electrons. The summed E-state index contributed by atoms with van der Waals surface area (Å²) in [5, 5.41) is 10.2. The lowest BCUT2D eigenvalue weighted by Gasteiger charge is -2.26. The molecule has 0 amide bonds. The first-order chi connectivity index (χ1) is 12.5. The lowest BCUT2D eigenvalue weighted by Crippen LogP contribution is -2.18. The van der Waals surface area contributed by atoms with Gasteiger partial charge in [0.2, 0.25) is 0 Å².